The van der Waals surface area contributed by atoms with Gasteiger partial charge in [0.15, 0.2) is 23.1 Å². The highest BCUT2D eigenvalue weighted by Crippen LogP contribution is 2.40. The lowest BCUT2D eigenvalue weighted by Crippen LogP contribution is -2.09. The third-order valence-corrected chi connectivity index (χ3v) is 21.8. The van der Waals surface area contributed by atoms with Gasteiger partial charge in [0.25, 0.3) is 0 Å². The monoisotopic (exact) mass is 1830 g/mol. The highest BCUT2D eigenvalue weighted by atomic mass is 127. The van der Waals surface area contributed by atoms with Gasteiger partial charge in [-0.15, -0.1) is 0 Å². The van der Waals surface area contributed by atoms with Crippen LogP contribution in [0.2, 0.25) is 0 Å². The van der Waals surface area contributed by atoms with E-state index in [1.165, 1.54) is 39.9 Å². The molecule has 12 rings (SSSR count). The molecule has 0 unspecified atom stereocenters. The molecule has 570 valence electrons. The standard InChI is InChI=1S/C30H29Br2NO4.C30H29I2NO4.C29H30N2O5/c2*31-23-17-21(18-24(32)30(23)36)29(35)28-22-15-14-20(11-7-10-19-8-3-1-4-9-19)16-26(22)37-25(28)12-5-2-6-13-27(33)34;1-18(32)7-5-6-10-25-27(28(33)20-15-23(30)29(34)24(31)16-20)22-12-11-21(17-26(22)36-25)35-14-13-19-8-3-2-4-9-19/h2*1,3-4,8-9,14-18,36H,2,5-7,10-13H2,(H2,33,34);2-4,8-9,11-12,15-17,34H,5-7,10,13-14,30-31H2,1H3. The second-order valence-corrected chi connectivity index (χ2v) is 31.3. The van der Waals surface area contributed by atoms with E-state index in [2.05, 4.69) is 111 Å². The Labute approximate surface area is 683 Å². The van der Waals surface area contributed by atoms with Crippen LogP contribution in [0.5, 0.6) is 23.0 Å². The van der Waals surface area contributed by atoms with Crippen LogP contribution in [0.4, 0.5) is 11.4 Å². The number of aryl methyl sites for hydroxylation is 7. The van der Waals surface area contributed by atoms with E-state index in [1.54, 1.807) is 37.3 Å². The van der Waals surface area contributed by atoms with Crippen molar-refractivity contribution >= 4 is 156 Å². The Balaban J connectivity index is 0.000000176. The number of ketones is 4. The molecule has 11 N–H and O–H groups in total. The lowest BCUT2D eigenvalue weighted by molar-refractivity contribution is -0.119. The quantitative estimate of drug-likeness (QED) is 0.00638. The molecule has 0 aliphatic rings. The minimum Gasteiger partial charge on any atom is -0.506 e. The van der Waals surface area contributed by atoms with Crippen molar-refractivity contribution in [3.63, 3.8) is 0 Å². The molecule has 0 saturated carbocycles. The normalized spacial score (nSPS) is 11.1. The van der Waals surface area contributed by atoms with Gasteiger partial charge in [-0.25, -0.2) is 0 Å². The Morgan fingerprint density at radius 1 is 0.382 bits per heavy atom. The van der Waals surface area contributed by atoms with Gasteiger partial charge in [-0.3, -0.25) is 24.0 Å². The van der Waals surface area contributed by atoms with E-state index in [0.717, 1.165) is 93.4 Å². The zero-order valence-corrected chi connectivity index (χ0v) is 68.6. The van der Waals surface area contributed by atoms with Crippen LogP contribution in [0, 0.1) is 7.14 Å². The topological polar surface area (TPSA) is 316 Å². The van der Waals surface area contributed by atoms with E-state index in [-0.39, 0.29) is 69.1 Å². The predicted octanol–water partition coefficient (Wildman–Crippen LogP) is 20.5. The number of primary amides is 2. The van der Waals surface area contributed by atoms with Crippen molar-refractivity contribution in [3.8, 4) is 23.0 Å². The molecule has 110 heavy (non-hydrogen) atoms. The maximum Gasteiger partial charge on any atom is 0.217 e. The molecule has 0 saturated heterocycles. The number of amides is 2. The Morgan fingerprint density at radius 3 is 1.16 bits per heavy atom. The number of nitrogens with two attached hydrogens (primary N) is 4. The smallest absolute Gasteiger partial charge is 0.217 e. The molecule has 0 spiro atoms. The van der Waals surface area contributed by atoms with Crippen LogP contribution in [0.3, 0.4) is 0 Å². The van der Waals surface area contributed by atoms with Crippen LogP contribution in [-0.2, 0) is 65.8 Å². The van der Waals surface area contributed by atoms with E-state index in [4.69, 9.17) is 40.9 Å². The highest BCUT2D eigenvalue weighted by molar-refractivity contribution is 14.1. The summed E-state index contributed by atoms with van der Waals surface area (Å²) in [4.78, 5) is 74.5. The summed E-state index contributed by atoms with van der Waals surface area (Å²) < 4.78 is 26.8. The number of nitrogen functional groups attached to an aromatic ring is 2. The molecule has 0 atom stereocenters. The first-order chi connectivity index (χ1) is 53.0. The molecule has 0 bridgehead atoms. The average Bonchev–Trinajstić information content (AvgIpc) is 1.63. The summed E-state index contributed by atoms with van der Waals surface area (Å²) in [6.45, 7) is 2.07. The molecule has 21 heteroatoms. The van der Waals surface area contributed by atoms with Crippen molar-refractivity contribution in [1.82, 2.24) is 0 Å². The van der Waals surface area contributed by atoms with E-state index in [9.17, 15) is 44.1 Å². The molecule has 2 amide bonds. The van der Waals surface area contributed by atoms with Crippen molar-refractivity contribution in [3.05, 3.63) is 277 Å². The molecular formula is C89H88Br2I2N4O13. The van der Waals surface area contributed by atoms with Gasteiger partial charge in [0.2, 0.25) is 11.8 Å². The van der Waals surface area contributed by atoms with Crippen molar-refractivity contribution < 1.29 is 62.1 Å². The fourth-order valence-corrected chi connectivity index (χ4v) is 16.2. The molecular weight excluding hydrogens is 1750 g/mol. The summed E-state index contributed by atoms with van der Waals surface area (Å²) in [7, 11) is 0. The number of halogens is 4. The number of phenols is 3. The van der Waals surface area contributed by atoms with Crippen molar-refractivity contribution in [1.29, 1.82) is 0 Å². The lowest BCUT2D eigenvalue weighted by atomic mass is 9.96. The second-order valence-electron chi connectivity index (χ2n) is 27.3. The summed E-state index contributed by atoms with van der Waals surface area (Å²) in [5, 5.41) is 32.4. The summed E-state index contributed by atoms with van der Waals surface area (Å²) >= 11 is 10.7. The van der Waals surface area contributed by atoms with Gasteiger partial charge in [0.05, 0.1) is 50.8 Å². The van der Waals surface area contributed by atoms with Gasteiger partial charge in [-0.05, 0) is 249 Å². The zero-order valence-electron chi connectivity index (χ0n) is 61.1. The van der Waals surface area contributed by atoms with Gasteiger partial charge < -0.3 is 61.0 Å². The first-order valence-corrected chi connectivity index (χ1v) is 40.6. The van der Waals surface area contributed by atoms with Crippen LogP contribution >= 0.6 is 77.0 Å². The fraction of sp³-hybridized carbons (Fsp3) is 0.258. The maximum absolute atomic E-state index is 13.7. The fourth-order valence-electron chi connectivity index (χ4n) is 13.2. The number of fused-ring (bicyclic) bond motifs is 3. The predicted molar refractivity (Wildman–Crippen MR) is 456 cm³/mol. The van der Waals surface area contributed by atoms with Crippen molar-refractivity contribution in [2.45, 2.75) is 142 Å². The number of furan rings is 3. The molecule has 0 aliphatic heterocycles. The molecule has 0 aliphatic carbocycles. The molecule has 12 aromatic rings. The average molecular weight is 1840 g/mol. The number of anilines is 2. The molecule has 3 aromatic heterocycles. The van der Waals surface area contributed by atoms with Gasteiger partial charge in [-0.2, -0.15) is 0 Å². The van der Waals surface area contributed by atoms with Crippen molar-refractivity contribution in [2.24, 2.45) is 11.5 Å². The van der Waals surface area contributed by atoms with Gasteiger partial charge in [0.1, 0.15) is 57.1 Å². The molecule has 0 fully saturated rings. The van der Waals surface area contributed by atoms with E-state index >= 15 is 0 Å². The SMILES string of the molecule is CC(=O)CCCCc1oc2cc(OCCc3ccccc3)ccc2c1C(=O)c1cc(N)c(O)c(N)c1.NC(=O)CCCCCc1oc2cc(CCCc3ccccc3)ccc2c1C(=O)c1cc(Br)c(O)c(Br)c1.NC(=O)CCCCCc1oc2cc(CCCc3ccccc3)ccc2c1C(=O)c1cc(I)c(O)c(I)c1. The molecule has 17 nitrogen and oxygen atoms in total. The molecule has 0 radical (unpaired) electrons. The zero-order chi connectivity index (χ0) is 78.4. The number of phenolic OH excluding ortho intramolecular Hbond substituents is 3. The van der Waals surface area contributed by atoms with Crippen LogP contribution in [0.1, 0.15) is 183 Å². The third kappa shape index (κ3) is 22.8. The summed E-state index contributed by atoms with van der Waals surface area (Å²) in [5.41, 5.74) is 33.2. The van der Waals surface area contributed by atoms with Crippen LogP contribution < -0.4 is 27.7 Å². The number of hydrogen-bond donors (Lipinski definition) is 7. The van der Waals surface area contributed by atoms with Gasteiger partial charge in [0, 0.05) is 83.9 Å². The Kier molecular flexibility index (Phi) is 30.5. The largest absolute Gasteiger partial charge is 0.506 e. The van der Waals surface area contributed by atoms with Crippen molar-refractivity contribution in [2.75, 3.05) is 18.1 Å². The van der Waals surface area contributed by atoms with Crippen LogP contribution in [0.25, 0.3) is 32.9 Å². The first kappa shape index (κ1) is 82.9. The van der Waals surface area contributed by atoms with E-state index < -0.39 is 0 Å². The van der Waals surface area contributed by atoms with E-state index in [1.807, 2.05) is 106 Å². The number of rotatable bonds is 35. The Hall–Kier alpha value is -9.56. The number of carbonyl (C=O) groups excluding carboxylic acids is 6. The van der Waals surface area contributed by atoms with Gasteiger partial charge in [-0.1, -0.05) is 128 Å². The van der Waals surface area contributed by atoms with Crippen LogP contribution in [0.15, 0.2) is 204 Å². The second kappa shape index (κ2) is 40.4. The Morgan fingerprint density at radius 2 is 0.745 bits per heavy atom. The number of carbonyl (C=O) groups is 6. The summed E-state index contributed by atoms with van der Waals surface area (Å²) in [5.74, 6) is 1.42. The summed E-state index contributed by atoms with van der Waals surface area (Å²) in [6.07, 6.45) is 15.6. The third-order valence-electron chi connectivity index (χ3n) is 18.9. The number of benzene rings is 9. The minimum absolute atomic E-state index is 0.0308. The van der Waals surface area contributed by atoms with E-state index in [0.29, 0.717) is 148 Å². The summed E-state index contributed by atoms with van der Waals surface area (Å²) in [6, 6.07) is 58.1. The maximum atomic E-state index is 13.7. The number of hydrogen-bond acceptors (Lipinski definition) is 15. The first-order valence-electron chi connectivity index (χ1n) is 36.8. The molecule has 9 aromatic carbocycles. The lowest BCUT2D eigenvalue weighted by Gasteiger charge is -2.08. The minimum atomic E-state index is -0.303. The number of Topliss-reactive ketones (excluding diaryl/α,β-unsaturated/α-hetero) is 1. The number of aromatic hydroxyl groups is 3. The number of ether oxygens (including phenoxy) is 1. The highest BCUT2D eigenvalue weighted by Gasteiger charge is 2.28. The van der Waals surface area contributed by atoms with Crippen LogP contribution in [-0.4, -0.2) is 56.9 Å². The Bertz CT molecular complexity index is 4970. The van der Waals surface area contributed by atoms with Gasteiger partial charge >= 0.3 is 0 Å². The molecule has 3 heterocycles. The number of unbranched alkanes of at least 4 members (excludes halogenated alkanes) is 5.